The molecule has 0 aromatic heterocycles. The fourth-order valence-corrected chi connectivity index (χ4v) is 2.63. The van der Waals surface area contributed by atoms with Crippen LogP contribution in [0, 0.1) is 13.8 Å². The molecule has 0 aliphatic rings. The zero-order chi connectivity index (χ0) is 15.4. The van der Waals surface area contributed by atoms with Crippen LogP contribution >= 0.6 is 0 Å². The number of hydrogen-bond donors (Lipinski definition) is 0. The molecule has 22 heavy (non-hydrogen) atoms. The molecule has 0 spiro atoms. The molecule has 0 nitrogen and oxygen atoms in total. The highest BCUT2D eigenvalue weighted by atomic mass is 14.1. The van der Waals surface area contributed by atoms with Gasteiger partial charge in [0.15, 0.2) is 0 Å². The molecular weight excluding hydrogens is 264 g/mol. The highest BCUT2D eigenvalue weighted by Gasteiger charge is 2.00. The molecule has 0 amide bonds. The summed E-state index contributed by atoms with van der Waals surface area (Å²) in [5.41, 5.74) is 7.67. The topological polar surface area (TPSA) is 0 Å². The van der Waals surface area contributed by atoms with Crippen molar-refractivity contribution in [3.8, 4) is 11.1 Å². The standard InChI is InChI=1S/C22H20/c1-17-8-6-7-9-19(17)12-13-20-14-15-22(16-18(20)2)21-10-4-3-5-11-21/h3-16H,1-2H3. The highest BCUT2D eigenvalue weighted by molar-refractivity contribution is 5.74. The Morgan fingerprint density at radius 2 is 1.18 bits per heavy atom. The lowest BCUT2D eigenvalue weighted by Gasteiger charge is -2.06. The van der Waals surface area contributed by atoms with E-state index in [0.717, 1.165) is 0 Å². The van der Waals surface area contributed by atoms with E-state index in [9.17, 15) is 0 Å². The lowest BCUT2D eigenvalue weighted by molar-refractivity contribution is 1.43. The minimum Gasteiger partial charge on any atom is -0.0622 e. The first-order chi connectivity index (χ1) is 10.7. The van der Waals surface area contributed by atoms with Gasteiger partial charge in [-0.05, 0) is 47.2 Å². The molecule has 0 heteroatoms. The molecule has 0 N–H and O–H groups in total. The van der Waals surface area contributed by atoms with Crippen LogP contribution in [0.15, 0.2) is 72.8 Å². The highest BCUT2D eigenvalue weighted by Crippen LogP contribution is 2.23. The average molecular weight is 284 g/mol. The van der Waals surface area contributed by atoms with Crippen molar-refractivity contribution < 1.29 is 0 Å². The number of hydrogen-bond acceptors (Lipinski definition) is 0. The zero-order valence-electron chi connectivity index (χ0n) is 13.1. The van der Waals surface area contributed by atoms with Gasteiger partial charge in [-0.2, -0.15) is 0 Å². The first kappa shape index (κ1) is 14.3. The van der Waals surface area contributed by atoms with Crippen molar-refractivity contribution in [2.75, 3.05) is 0 Å². The van der Waals surface area contributed by atoms with Crippen LogP contribution in [0.4, 0.5) is 0 Å². The minimum atomic E-state index is 1.26. The Hall–Kier alpha value is -2.60. The van der Waals surface area contributed by atoms with Gasteiger partial charge in [0.1, 0.15) is 0 Å². The quantitative estimate of drug-likeness (QED) is 0.507. The number of aryl methyl sites for hydroxylation is 2. The van der Waals surface area contributed by atoms with E-state index in [-0.39, 0.29) is 0 Å². The second-order valence-electron chi connectivity index (χ2n) is 5.63. The molecule has 0 aliphatic carbocycles. The summed E-state index contributed by atoms with van der Waals surface area (Å²) >= 11 is 0. The van der Waals surface area contributed by atoms with Gasteiger partial charge in [0.05, 0.1) is 0 Å². The average Bonchev–Trinajstić information content (AvgIpc) is 2.56. The number of rotatable bonds is 3. The molecular formula is C22H20. The minimum absolute atomic E-state index is 1.26. The van der Waals surface area contributed by atoms with E-state index >= 15 is 0 Å². The van der Waals surface area contributed by atoms with E-state index in [1.165, 1.54) is 33.4 Å². The summed E-state index contributed by atoms with van der Waals surface area (Å²) in [5, 5.41) is 0. The van der Waals surface area contributed by atoms with Crippen LogP contribution in [0.2, 0.25) is 0 Å². The Morgan fingerprint density at radius 3 is 1.86 bits per heavy atom. The smallest absolute Gasteiger partial charge is 0.0181 e. The molecule has 3 aromatic carbocycles. The van der Waals surface area contributed by atoms with Crippen LogP contribution in [0.25, 0.3) is 23.3 Å². The molecule has 0 saturated carbocycles. The lowest BCUT2D eigenvalue weighted by Crippen LogP contribution is -1.84. The molecule has 0 radical (unpaired) electrons. The van der Waals surface area contributed by atoms with E-state index < -0.39 is 0 Å². The fourth-order valence-electron chi connectivity index (χ4n) is 2.63. The second-order valence-corrected chi connectivity index (χ2v) is 5.63. The summed E-state index contributed by atoms with van der Waals surface area (Å²) in [6.45, 7) is 4.31. The Kier molecular flexibility index (Phi) is 4.20. The van der Waals surface area contributed by atoms with E-state index in [0.29, 0.717) is 0 Å². The van der Waals surface area contributed by atoms with Gasteiger partial charge in [0.2, 0.25) is 0 Å². The maximum Gasteiger partial charge on any atom is -0.0181 e. The molecule has 3 aromatic rings. The third kappa shape index (κ3) is 3.17. The predicted molar refractivity (Wildman–Crippen MR) is 96.7 cm³/mol. The molecule has 3 rings (SSSR count). The summed E-state index contributed by atoms with van der Waals surface area (Å²) in [7, 11) is 0. The van der Waals surface area contributed by atoms with Crippen LogP contribution in [0.3, 0.4) is 0 Å². The molecule has 0 fully saturated rings. The Bertz CT molecular complexity index is 795. The van der Waals surface area contributed by atoms with Crippen LogP contribution in [0.1, 0.15) is 22.3 Å². The van der Waals surface area contributed by atoms with Crippen LogP contribution in [0.5, 0.6) is 0 Å². The van der Waals surface area contributed by atoms with Crippen molar-refractivity contribution in [2.45, 2.75) is 13.8 Å². The maximum atomic E-state index is 2.26. The maximum absolute atomic E-state index is 2.26. The normalized spacial score (nSPS) is 11.0. The largest absolute Gasteiger partial charge is 0.0622 e. The summed E-state index contributed by atoms with van der Waals surface area (Å²) in [5.74, 6) is 0. The van der Waals surface area contributed by atoms with Crippen molar-refractivity contribution in [1.29, 1.82) is 0 Å². The van der Waals surface area contributed by atoms with Gasteiger partial charge in [-0.15, -0.1) is 0 Å². The van der Waals surface area contributed by atoms with Gasteiger partial charge in [-0.1, -0.05) is 84.9 Å². The third-order valence-electron chi connectivity index (χ3n) is 4.01. The predicted octanol–water partition coefficient (Wildman–Crippen LogP) is 6.14. The summed E-state index contributed by atoms with van der Waals surface area (Å²) in [4.78, 5) is 0. The third-order valence-corrected chi connectivity index (χ3v) is 4.01. The van der Waals surface area contributed by atoms with E-state index in [1.54, 1.807) is 0 Å². The SMILES string of the molecule is Cc1ccccc1C=Cc1ccc(-c2ccccc2)cc1C. The molecule has 0 bridgehead atoms. The lowest BCUT2D eigenvalue weighted by atomic mass is 9.99. The molecule has 0 unspecified atom stereocenters. The van der Waals surface area contributed by atoms with Crippen molar-refractivity contribution in [2.24, 2.45) is 0 Å². The van der Waals surface area contributed by atoms with E-state index in [4.69, 9.17) is 0 Å². The Labute approximate surface area is 132 Å². The summed E-state index contributed by atoms with van der Waals surface area (Å²) in [6, 6.07) is 25.6. The van der Waals surface area contributed by atoms with Crippen LogP contribution < -0.4 is 0 Å². The van der Waals surface area contributed by atoms with Gasteiger partial charge >= 0.3 is 0 Å². The van der Waals surface area contributed by atoms with E-state index in [1.807, 2.05) is 0 Å². The van der Waals surface area contributed by atoms with Crippen molar-refractivity contribution in [3.63, 3.8) is 0 Å². The first-order valence-corrected chi connectivity index (χ1v) is 7.64. The van der Waals surface area contributed by atoms with Crippen molar-refractivity contribution in [3.05, 3.63) is 95.1 Å². The van der Waals surface area contributed by atoms with Gasteiger partial charge in [0.25, 0.3) is 0 Å². The van der Waals surface area contributed by atoms with Gasteiger partial charge in [-0.25, -0.2) is 0 Å². The van der Waals surface area contributed by atoms with Crippen LogP contribution in [-0.4, -0.2) is 0 Å². The van der Waals surface area contributed by atoms with Crippen molar-refractivity contribution >= 4 is 12.2 Å². The Balaban J connectivity index is 1.89. The van der Waals surface area contributed by atoms with E-state index in [2.05, 4.69) is 98.8 Å². The van der Waals surface area contributed by atoms with Crippen molar-refractivity contribution in [1.82, 2.24) is 0 Å². The van der Waals surface area contributed by atoms with Crippen LogP contribution in [-0.2, 0) is 0 Å². The summed E-state index contributed by atoms with van der Waals surface area (Å²) in [6.07, 6.45) is 4.40. The molecule has 0 saturated heterocycles. The number of benzene rings is 3. The van der Waals surface area contributed by atoms with Gasteiger partial charge in [0, 0.05) is 0 Å². The zero-order valence-corrected chi connectivity index (χ0v) is 13.1. The fraction of sp³-hybridized carbons (Fsp3) is 0.0909. The summed E-state index contributed by atoms with van der Waals surface area (Å²) < 4.78 is 0. The van der Waals surface area contributed by atoms with Gasteiger partial charge < -0.3 is 0 Å². The molecule has 0 atom stereocenters. The monoisotopic (exact) mass is 284 g/mol. The van der Waals surface area contributed by atoms with Gasteiger partial charge in [-0.3, -0.25) is 0 Å². The molecule has 0 aliphatic heterocycles. The molecule has 108 valence electrons. The Morgan fingerprint density at radius 1 is 0.545 bits per heavy atom. The second kappa shape index (κ2) is 6.44. The first-order valence-electron chi connectivity index (χ1n) is 7.64. The molecule has 0 heterocycles.